The molecule has 0 aliphatic rings. The molecule has 0 saturated heterocycles. The Morgan fingerprint density at radius 3 is 2.20 bits per heavy atom. The number of hydrogen-bond acceptors (Lipinski definition) is 1. The van der Waals surface area contributed by atoms with E-state index >= 15 is 0 Å². The van der Waals surface area contributed by atoms with Crippen molar-refractivity contribution >= 4 is 11.6 Å². The van der Waals surface area contributed by atoms with Gasteiger partial charge >= 0.3 is 0 Å². The summed E-state index contributed by atoms with van der Waals surface area (Å²) in [5.74, 6) is 0. The van der Waals surface area contributed by atoms with Gasteiger partial charge in [0.1, 0.15) is 0 Å². The van der Waals surface area contributed by atoms with Gasteiger partial charge in [-0.05, 0) is 31.5 Å². The predicted molar refractivity (Wildman–Crippen MR) is 63.1 cm³/mol. The standard InChI is InChI=1S/C12H13ClN2/c1-8-9(2)14-15(3)12(8)10-4-6-11(13)7-5-10/h4-7H,1-3H3. The predicted octanol–water partition coefficient (Wildman–Crippen LogP) is 3.36. The van der Waals surface area contributed by atoms with Crippen LogP contribution >= 0.6 is 11.6 Å². The lowest BCUT2D eigenvalue weighted by Gasteiger charge is -2.03. The summed E-state index contributed by atoms with van der Waals surface area (Å²) in [6, 6.07) is 7.84. The van der Waals surface area contributed by atoms with Gasteiger partial charge in [0.25, 0.3) is 0 Å². The summed E-state index contributed by atoms with van der Waals surface area (Å²) in [6.07, 6.45) is 0. The van der Waals surface area contributed by atoms with Gasteiger partial charge in [0.05, 0.1) is 11.4 Å². The summed E-state index contributed by atoms with van der Waals surface area (Å²) in [4.78, 5) is 0. The molecule has 2 rings (SSSR count). The van der Waals surface area contributed by atoms with E-state index in [1.165, 1.54) is 5.56 Å². The number of aromatic nitrogens is 2. The van der Waals surface area contributed by atoms with Crippen LogP contribution in [0.15, 0.2) is 24.3 Å². The molecule has 0 saturated carbocycles. The second-order valence-electron chi connectivity index (χ2n) is 3.69. The lowest BCUT2D eigenvalue weighted by Crippen LogP contribution is -1.94. The molecule has 0 aliphatic carbocycles. The fourth-order valence-electron chi connectivity index (χ4n) is 1.78. The quantitative estimate of drug-likeness (QED) is 0.721. The maximum Gasteiger partial charge on any atom is 0.0710 e. The highest BCUT2D eigenvalue weighted by Crippen LogP contribution is 2.25. The van der Waals surface area contributed by atoms with Crippen LogP contribution in [0.2, 0.25) is 5.02 Å². The molecule has 15 heavy (non-hydrogen) atoms. The summed E-state index contributed by atoms with van der Waals surface area (Å²) in [5.41, 5.74) is 4.60. The van der Waals surface area contributed by atoms with Gasteiger partial charge in [0.15, 0.2) is 0 Å². The first kappa shape index (κ1) is 10.2. The average Bonchev–Trinajstić information content (AvgIpc) is 2.44. The number of benzene rings is 1. The molecule has 0 N–H and O–H groups in total. The largest absolute Gasteiger partial charge is 0.267 e. The lowest BCUT2D eigenvalue weighted by atomic mass is 10.1. The number of rotatable bonds is 1. The van der Waals surface area contributed by atoms with Crippen LogP contribution in [0.5, 0.6) is 0 Å². The molecule has 0 aliphatic heterocycles. The van der Waals surface area contributed by atoms with Crippen LogP contribution in [-0.4, -0.2) is 9.78 Å². The van der Waals surface area contributed by atoms with Crippen molar-refractivity contribution in [1.82, 2.24) is 9.78 Å². The molecule has 2 aromatic rings. The molecule has 3 heteroatoms. The normalized spacial score (nSPS) is 10.7. The first-order valence-corrected chi connectivity index (χ1v) is 5.23. The van der Waals surface area contributed by atoms with Crippen molar-refractivity contribution in [1.29, 1.82) is 0 Å². The van der Waals surface area contributed by atoms with Crippen LogP contribution in [0.25, 0.3) is 11.3 Å². The van der Waals surface area contributed by atoms with Crippen molar-refractivity contribution in [2.24, 2.45) is 7.05 Å². The smallest absolute Gasteiger partial charge is 0.0710 e. The van der Waals surface area contributed by atoms with E-state index in [4.69, 9.17) is 11.6 Å². The summed E-state index contributed by atoms with van der Waals surface area (Å²) in [7, 11) is 1.96. The second-order valence-corrected chi connectivity index (χ2v) is 4.13. The molecule has 2 nitrogen and oxygen atoms in total. The van der Waals surface area contributed by atoms with Gasteiger partial charge in [-0.15, -0.1) is 0 Å². The Balaban J connectivity index is 2.58. The monoisotopic (exact) mass is 220 g/mol. The van der Waals surface area contributed by atoms with E-state index in [2.05, 4.69) is 12.0 Å². The third-order valence-electron chi connectivity index (χ3n) is 2.64. The van der Waals surface area contributed by atoms with Gasteiger partial charge in [-0.2, -0.15) is 5.10 Å². The minimum atomic E-state index is 0.760. The van der Waals surface area contributed by atoms with E-state index in [9.17, 15) is 0 Å². The minimum Gasteiger partial charge on any atom is -0.267 e. The van der Waals surface area contributed by atoms with Crippen molar-refractivity contribution in [3.8, 4) is 11.3 Å². The molecule has 0 unspecified atom stereocenters. The fraction of sp³-hybridized carbons (Fsp3) is 0.250. The van der Waals surface area contributed by atoms with E-state index in [1.54, 1.807) is 0 Å². The Morgan fingerprint density at radius 1 is 1.13 bits per heavy atom. The Labute approximate surface area is 94.5 Å². The van der Waals surface area contributed by atoms with E-state index in [1.807, 2.05) is 42.9 Å². The van der Waals surface area contributed by atoms with Crippen LogP contribution in [-0.2, 0) is 7.05 Å². The highest BCUT2D eigenvalue weighted by atomic mass is 35.5. The van der Waals surface area contributed by atoms with Crippen LogP contribution in [0, 0.1) is 13.8 Å². The maximum atomic E-state index is 5.86. The Kier molecular flexibility index (Phi) is 2.53. The van der Waals surface area contributed by atoms with E-state index in [0.29, 0.717) is 0 Å². The fourth-order valence-corrected chi connectivity index (χ4v) is 1.90. The summed E-state index contributed by atoms with van der Waals surface area (Å²) >= 11 is 5.86. The summed E-state index contributed by atoms with van der Waals surface area (Å²) in [5, 5.41) is 5.15. The second kappa shape index (κ2) is 3.70. The number of halogens is 1. The Hall–Kier alpha value is -1.28. The third-order valence-corrected chi connectivity index (χ3v) is 2.89. The van der Waals surface area contributed by atoms with Gasteiger partial charge in [0.2, 0.25) is 0 Å². The van der Waals surface area contributed by atoms with Crippen LogP contribution in [0.4, 0.5) is 0 Å². The van der Waals surface area contributed by atoms with E-state index in [0.717, 1.165) is 22.0 Å². The van der Waals surface area contributed by atoms with Gasteiger partial charge in [0, 0.05) is 17.6 Å². The average molecular weight is 221 g/mol. The zero-order chi connectivity index (χ0) is 11.0. The van der Waals surface area contributed by atoms with E-state index in [-0.39, 0.29) is 0 Å². The van der Waals surface area contributed by atoms with Gasteiger partial charge in [-0.1, -0.05) is 23.7 Å². The minimum absolute atomic E-state index is 0.760. The molecule has 0 bridgehead atoms. The van der Waals surface area contributed by atoms with Gasteiger partial charge < -0.3 is 0 Å². The molecule has 0 fully saturated rings. The maximum absolute atomic E-state index is 5.86. The molecule has 0 atom stereocenters. The van der Waals surface area contributed by atoms with Gasteiger partial charge in [-0.3, -0.25) is 4.68 Å². The zero-order valence-corrected chi connectivity index (χ0v) is 9.84. The van der Waals surface area contributed by atoms with Crippen molar-refractivity contribution < 1.29 is 0 Å². The Morgan fingerprint density at radius 2 is 1.73 bits per heavy atom. The third kappa shape index (κ3) is 1.77. The number of hydrogen-bond donors (Lipinski definition) is 0. The zero-order valence-electron chi connectivity index (χ0n) is 9.08. The number of nitrogens with zero attached hydrogens (tertiary/aromatic N) is 2. The van der Waals surface area contributed by atoms with Gasteiger partial charge in [-0.25, -0.2) is 0 Å². The lowest BCUT2D eigenvalue weighted by molar-refractivity contribution is 0.764. The van der Waals surface area contributed by atoms with Crippen LogP contribution in [0.3, 0.4) is 0 Å². The molecule has 0 spiro atoms. The van der Waals surface area contributed by atoms with Crippen molar-refractivity contribution in [2.75, 3.05) is 0 Å². The highest BCUT2D eigenvalue weighted by molar-refractivity contribution is 6.30. The first-order valence-electron chi connectivity index (χ1n) is 4.85. The van der Waals surface area contributed by atoms with Crippen LogP contribution in [0.1, 0.15) is 11.3 Å². The number of aryl methyl sites for hydroxylation is 2. The molecule has 0 radical (unpaired) electrons. The Bertz CT molecular complexity index is 483. The molecular formula is C12H13ClN2. The first-order chi connectivity index (χ1) is 7.09. The summed E-state index contributed by atoms with van der Waals surface area (Å²) in [6.45, 7) is 4.11. The molecule has 0 amide bonds. The SMILES string of the molecule is Cc1nn(C)c(-c2ccc(Cl)cc2)c1C. The molecule has 1 aromatic heterocycles. The molecule has 1 heterocycles. The molecule has 1 aromatic carbocycles. The van der Waals surface area contributed by atoms with Crippen LogP contribution < -0.4 is 0 Å². The van der Waals surface area contributed by atoms with Crippen molar-refractivity contribution in [3.63, 3.8) is 0 Å². The van der Waals surface area contributed by atoms with Crippen molar-refractivity contribution in [2.45, 2.75) is 13.8 Å². The van der Waals surface area contributed by atoms with E-state index < -0.39 is 0 Å². The molecule has 78 valence electrons. The topological polar surface area (TPSA) is 17.8 Å². The molecular weight excluding hydrogens is 208 g/mol. The summed E-state index contributed by atoms with van der Waals surface area (Å²) < 4.78 is 1.91. The highest BCUT2D eigenvalue weighted by Gasteiger charge is 2.10. The van der Waals surface area contributed by atoms with Crippen molar-refractivity contribution in [3.05, 3.63) is 40.5 Å².